The molecule has 0 spiro atoms. The van der Waals surface area contributed by atoms with Crippen LogP contribution in [-0.4, -0.2) is 46.1 Å². The molecule has 0 radical (unpaired) electrons. The molecular weight excluding hydrogens is 332 g/mol. The van der Waals surface area contributed by atoms with Crippen LogP contribution in [0.5, 0.6) is 0 Å². The Labute approximate surface area is 150 Å². The van der Waals surface area contributed by atoms with Gasteiger partial charge < -0.3 is 9.80 Å². The maximum atomic E-state index is 11.3. The fourth-order valence-electron chi connectivity index (χ4n) is 3.35. The molecule has 26 heavy (non-hydrogen) atoms. The van der Waals surface area contributed by atoms with E-state index in [9.17, 15) is 10.1 Å². The first-order valence-corrected chi connectivity index (χ1v) is 8.45. The van der Waals surface area contributed by atoms with Crippen molar-refractivity contribution in [2.45, 2.75) is 6.92 Å². The number of anilines is 2. The quantitative estimate of drug-likeness (QED) is 0.530. The Morgan fingerprint density at radius 1 is 1.04 bits per heavy atom. The van der Waals surface area contributed by atoms with Crippen molar-refractivity contribution in [1.29, 1.82) is 0 Å². The number of para-hydroxylation sites is 1. The lowest BCUT2D eigenvalue weighted by molar-refractivity contribution is -0.383. The van der Waals surface area contributed by atoms with E-state index in [-0.39, 0.29) is 10.6 Å². The van der Waals surface area contributed by atoms with Gasteiger partial charge in [0.15, 0.2) is 5.52 Å². The Balaban J connectivity index is 1.66. The average molecular weight is 350 g/mol. The summed E-state index contributed by atoms with van der Waals surface area (Å²) in [6.07, 6.45) is 3.49. The minimum Gasteiger partial charge on any atom is -0.367 e. The number of aryl methyl sites for hydroxylation is 1. The van der Waals surface area contributed by atoms with Crippen LogP contribution in [0, 0.1) is 17.0 Å². The predicted molar refractivity (Wildman–Crippen MR) is 99.6 cm³/mol. The highest BCUT2D eigenvalue weighted by atomic mass is 16.6. The number of hydrogen-bond acceptors (Lipinski definition) is 7. The molecule has 0 aliphatic carbocycles. The van der Waals surface area contributed by atoms with Crippen molar-refractivity contribution < 1.29 is 4.92 Å². The topological polar surface area (TPSA) is 88.3 Å². The zero-order chi connectivity index (χ0) is 18.1. The van der Waals surface area contributed by atoms with Crippen LogP contribution < -0.4 is 9.80 Å². The first kappa shape index (κ1) is 16.2. The Morgan fingerprint density at radius 2 is 1.73 bits per heavy atom. The van der Waals surface area contributed by atoms with Crippen molar-refractivity contribution in [3.05, 3.63) is 58.5 Å². The number of rotatable bonds is 3. The lowest BCUT2D eigenvalue weighted by Crippen LogP contribution is -2.47. The van der Waals surface area contributed by atoms with E-state index in [0.29, 0.717) is 5.52 Å². The van der Waals surface area contributed by atoms with Gasteiger partial charge in [-0.3, -0.25) is 10.1 Å². The fraction of sp³-hybridized carbons (Fsp3) is 0.278. The Bertz CT molecular complexity index is 955. The van der Waals surface area contributed by atoms with E-state index in [2.05, 4.69) is 24.8 Å². The molecular formula is C18H18N6O2. The zero-order valence-electron chi connectivity index (χ0n) is 14.4. The Hall–Kier alpha value is -3.29. The third-order valence-corrected chi connectivity index (χ3v) is 4.58. The summed E-state index contributed by atoms with van der Waals surface area (Å²) in [5.41, 5.74) is 2.26. The van der Waals surface area contributed by atoms with Crippen molar-refractivity contribution in [1.82, 2.24) is 15.0 Å². The molecule has 0 amide bonds. The number of non-ortho nitro benzene ring substituents is 1. The van der Waals surface area contributed by atoms with E-state index >= 15 is 0 Å². The lowest BCUT2D eigenvalue weighted by Gasteiger charge is -2.36. The standard InChI is InChI=1S/C18H18N6O2/c1-13-12-16(14-4-2-5-15(24(25)26)17(14)21-13)22-8-10-23(11-9-22)18-19-6-3-7-20-18/h2-7,12H,8-11H2,1H3. The molecule has 3 heterocycles. The molecule has 8 heteroatoms. The molecule has 8 nitrogen and oxygen atoms in total. The molecule has 1 aliphatic rings. The fourth-order valence-corrected chi connectivity index (χ4v) is 3.35. The third-order valence-electron chi connectivity index (χ3n) is 4.58. The molecule has 0 N–H and O–H groups in total. The first-order chi connectivity index (χ1) is 12.6. The maximum absolute atomic E-state index is 11.3. The van der Waals surface area contributed by atoms with E-state index in [1.54, 1.807) is 24.5 Å². The molecule has 4 rings (SSSR count). The molecule has 1 fully saturated rings. The van der Waals surface area contributed by atoms with Gasteiger partial charge >= 0.3 is 0 Å². The van der Waals surface area contributed by atoms with Gasteiger partial charge in [0.25, 0.3) is 5.69 Å². The molecule has 0 saturated carbocycles. The first-order valence-electron chi connectivity index (χ1n) is 8.45. The van der Waals surface area contributed by atoms with E-state index in [0.717, 1.165) is 48.9 Å². The molecule has 0 unspecified atom stereocenters. The van der Waals surface area contributed by atoms with Crippen LogP contribution in [0.25, 0.3) is 10.9 Å². The maximum Gasteiger partial charge on any atom is 0.295 e. The Kier molecular flexibility index (Phi) is 4.08. The van der Waals surface area contributed by atoms with Crippen LogP contribution in [0.2, 0.25) is 0 Å². The van der Waals surface area contributed by atoms with Crippen LogP contribution in [0.15, 0.2) is 42.7 Å². The normalized spacial score (nSPS) is 14.7. The molecule has 1 aromatic carbocycles. The van der Waals surface area contributed by atoms with E-state index in [4.69, 9.17) is 0 Å². The van der Waals surface area contributed by atoms with Crippen LogP contribution in [0.4, 0.5) is 17.3 Å². The lowest BCUT2D eigenvalue weighted by atomic mass is 10.1. The SMILES string of the molecule is Cc1cc(N2CCN(c3ncccn3)CC2)c2cccc([N+](=O)[O-])c2n1. The third kappa shape index (κ3) is 2.90. The summed E-state index contributed by atoms with van der Waals surface area (Å²) in [6, 6.07) is 8.92. The average Bonchev–Trinajstić information content (AvgIpc) is 2.67. The molecule has 1 aliphatic heterocycles. The summed E-state index contributed by atoms with van der Waals surface area (Å²) < 4.78 is 0. The predicted octanol–water partition coefficient (Wildman–Crippen LogP) is 2.57. The van der Waals surface area contributed by atoms with Crippen LogP contribution in [0.1, 0.15) is 5.69 Å². The summed E-state index contributed by atoms with van der Waals surface area (Å²) in [6.45, 7) is 5.04. The largest absolute Gasteiger partial charge is 0.367 e. The molecule has 1 saturated heterocycles. The monoisotopic (exact) mass is 350 g/mol. The van der Waals surface area contributed by atoms with Gasteiger partial charge in [-0.2, -0.15) is 0 Å². The number of pyridine rings is 1. The van der Waals surface area contributed by atoms with Gasteiger partial charge in [-0.25, -0.2) is 15.0 Å². The molecule has 0 bridgehead atoms. The summed E-state index contributed by atoms with van der Waals surface area (Å²) in [7, 11) is 0. The van der Waals surface area contributed by atoms with Gasteiger partial charge in [0.1, 0.15) is 0 Å². The summed E-state index contributed by atoms with van der Waals surface area (Å²) >= 11 is 0. The van der Waals surface area contributed by atoms with Gasteiger partial charge in [-0.15, -0.1) is 0 Å². The molecule has 132 valence electrons. The van der Waals surface area contributed by atoms with Gasteiger partial charge in [0, 0.05) is 61.4 Å². The number of nitrogens with zero attached hydrogens (tertiary/aromatic N) is 6. The van der Waals surface area contributed by atoms with Crippen molar-refractivity contribution in [2.75, 3.05) is 36.0 Å². The molecule has 2 aromatic heterocycles. The highest BCUT2D eigenvalue weighted by Gasteiger charge is 2.23. The summed E-state index contributed by atoms with van der Waals surface area (Å²) in [4.78, 5) is 28.4. The minimum atomic E-state index is -0.372. The van der Waals surface area contributed by atoms with E-state index in [1.165, 1.54) is 6.07 Å². The highest BCUT2D eigenvalue weighted by Crippen LogP contribution is 2.32. The smallest absolute Gasteiger partial charge is 0.295 e. The van der Waals surface area contributed by atoms with Gasteiger partial charge in [-0.1, -0.05) is 12.1 Å². The second-order valence-corrected chi connectivity index (χ2v) is 6.24. The van der Waals surface area contributed by atoms with Crippen LogP contribution >= 0.6 is 0 Å². The number of piperazine rings is 1. The van der Waals surface area contributed by atoms with Crippen LogP contribution in [-0.2, 0) is 0 Å². The second-order valence-electron chi connectivity index (χ2n) is 6.24. The number of nitro groups is 1. The number of aromatic nitrogens is 3. The molecule has 0 atom stereocenters. The van der Waals surface area contributed by atoms with Gasteiger partial charge in [0.2, 0.25) is 5.95 Å². The highest BCUT2D eigenvalue weighted by molar-refractivity contribution is 5.97. The second kappa shape index (κ2) is 6.55. The van der Waals surface area contributed by atoms with Crippen LogP contribution in [0.3, 0.4) is 0 Å². The van der Waals surface area contributed by atoms with Crippen molar-refractivity contribution in [3.63, 3.8) is 0 Å². The summed E-state index contributed by atoms with van der Waals surface area (Å²) in [5, 5.41) is 12.2. The zero-order valence-corrected chi connectivity index (χ0v) is 14.4. The number of fused-ring (bicyclic) bond motifs is 1. The van der Waals surface area contributed by atoms with Gasteiger partial charge in [-0.05, 0) is 19.1 Å². The van der Waals surface area contributed by atoms with E-state index < -0.39 is 0 Å². The van der Waals surface area contributed by atoms with Crippen molar-refractivity contribution in [3.8, 4) is 0 Å². The van der Waals surface area contributed by atoms with Crippen molar-refractivity contribution in [2.24, 2.45) is 0 Å². The van der Waals surface area contributed by atoms with Gasteiger partial charge in [0.05, 0.1) is 4.92 Å². The Morgan fingerprint density at radius 3 is 2.42 bits per heavy atom. The molecule has 3 aromatic rings. The van der Waals surface area contributed by atoms with E-state index in [1.807, 2.05) is 19.1 Å². The van der Waals surface area contributed by atoms with Crippen molar-refractivity contribution >= 4 is 28.2 Å². The summed E-state index contributed by atoms with van der Waals surface area (Å²) in [5.74, 6) is 0.735. The number of benzene rings is 1. The number of nitro benzene ring substituents is 1. The number of hydrogen-bond donors (Lipinski definition) is 0. The minimum absolute atomic E-state index is 0.0452.